The average Bonchev–Trinajstić information content (AvgIpc) is 2.63. The van der Waals surface area contributed by atoms with Gasteiger partial charge in [-0.2, -0.15) is 0 Å². The molecule has 2 aliphatic heterocycles. The molecule has 0 bridgehead atoms. The van der Waals surface area contributed by atoms with Crippen molar-refractivity contribution in [2.45, 2.75) is 12.3 Å². The summed E-state index contributed by atoms with van der Waals surface area (Å²) >= 11 is 0. The minimum atomic E-state index is -3.56. The van der Waals surface area contributed by atoms with Crippen LogP contribution in [-0.2, 0) is 0 Å². The molecule has 0 unspecified atom stereocenters. The van der Waals surface area contributed by atoms with Gasteiger partial charge in [-0.1, -0.05) is 12.1 Å². The van der Waals surface area contributed by atoms with E-state index in [4.69, 9.17) is 0 Å². The number of rotatable bonds is 1. The third-order valence-electron chi connectivity index (χ3n) is 2.88. The molecule has 2 N–H and O–H groups in total. The van der Waals surface area contributed by atoms with Gasteiger partial charge in [-0.05, 0) is 6.07 Å². The van der Waals surface area contributed by atoms with E-state index in [-0.39, 0.29) is 29.9 Å². The minimum Gasteiger partial charge on any atom is -0.395 e. The number of piperazine rings is 1. The van der Waals surface area contributed by atoms with Crippen LogP contribution in [0.1, 0.15) is 11.6 Å². The van der Waals surface area contributed by atoms with E-state index in [9.17, 15) is 8.78 Å². The maximum atomic E-state index is 13.0. The Bertz CT molecular complexity index is 439. The first-order valence-electron chi connectivity index (χ1n) is 5.48. The second kappa shape index (κ2) is 4.87. The fourth-order valence-corrected chi connectivity index (χ4v) is 2.14. The molecule has 0 aliphatic carbocycles. The largest absolute Gasteiger partial charge is 0.586 e. The topological polar surface area (TPSA) is 42.5 Å². The lowest BCUT2D eigenvalue weighted by molar-refractivity contribution is -0.287. The molecule has 4 nitrogen and oxygen atoms in total. The van der Waals surface area contributed by atoms with E-state index < -0.39 is 6.29 Å². The zero-order valence-corrected chi connectivity index (χ0v) is 10.2. The van der Waals surface area contributed by atoms with Gasteiger partial charge in [0.2, 0.25) is 0 Å². The zero-order valence-electron chi connectivity index (χ0n) is 9.41. The maximum Gasteiger partial charge on any atom is 0.586 e. The molecule has 7 heteroatoms. The number of hydrogen-bond acceptors (Lipinski definition) is 4. The molecular weight excluding hydrogens is 266 g/mol. The van der Waals surface area contributed by atoms with Gasteiger partial charge >= 0.3 is 6.29 Å². The second-order valence-electron chi connectivity index (χ2n) is 4.05. The van der Waals surface area contributed by atoms with Crippen molar-refractivity contribution in [1.29, 1.82) is 0 Å². The molecule has 1 aromatic carbocycles. The van der Waals surface area contributed by atoms with Crippen molar-refractivity contribution in [2.75, 3.05) is 19.6 Å². The van der Waals surface area contributed by atoms with E-state index in [2.05, 4.69) is 20.1 Å². The van der Waals surface area contributed by atoms with Gasteiger partial charge in [-0.3, -0.25) is 0 Å². The van der Waals surface area contributed by atoms with Crippen LogP contribution in [0, 0.1) is 0 Å². The van der Waals surface area contributed by atoms with Crippen molar-refractivity contribution < 1.29 is 18.3 Å². The fraction of sp³-hybridized carbons (Fsp3) is 0.455. The van der Waals surface area contributed by atoms with Crippen molar-refractivity contribution >= 4 is 12.4 Å². The second-order valence-corrected chi connectivity index (χ2v) is 4.05. The van der Waals surface area contributed by atoms with Gasteiger partial charge in [0.1, 0.15) is 0 Å². The van der Waals surface area contributed by atoms with Gasteiger partial charge in [0.15, 0.2) is 11.5 Å². The summed E-state index contributed by atoms with van der Waals surface area (Å²) in [6.07, 6.45) is -3.56. The molecule has 18 heavy (non-hydrogen) atoms. The van der Waals surface area contributed by atoms with E-state index in [1.165, 1.54) is 6.07 Å². The highest BCUT2D eigenvalue weighted by molar-refractivity contribution is 5.85. The Morgan fingerprint density at radius 3 is 2.78 bits per heavy atom. The van der Waals surface area contributed by atoms with E-state index >= 15 is 0 Å². The number of alkyl halides is 2. The van der Waals surface area contributed by atoms with Gasteiger partial charge < -0.3 is 20.1 Å². The number of fused-ring (bicyclic) bond motifs is 1. The van der Waals surface area contributed by atoms with E-state index in [0.29, 0.717) is 12.1 Å². The quantitative estimate of drug-likeness (QED) is 0.820. The molecule has 2 heterocycles. The summed E-state index contributed by atoms with van der Waals surface area (Å²) in [7, 11) is 0. The Morgan fingerprint density at radius 2 is 2.06 bits per heavy atom. The summed E-state index contributed by atoms with van der Waals surface area (Å²) < 4.78 is 35.0. The number of halogens is 3. The highest BCUT2D eigenvalue weighted by Crippen LogP contribution is 2.45. The number of ether oxygens (including phenoxy) is 2. The Hall–Kier alpha value is -1.11. The Kier molecular flexibility index (Phi) is 3.61. The van der Waals surface area contributed by atoms with E-state index in [0.717, 1.165) is 13.1 Å². The van der Waals surface area contributed by atoms with Crippen LogP contribution >= 0.6 is 12.4 Å². The van der Waals surface area contributed by atoms with Crippen LogP contribution in [0.3, 0.4) is 0 Å². The minimum absolute atomic E-state index is 0. The summed E-state index contributed by atoms with van der Waals surface area (Å²) in [6.45, 7) is 2.36. The van der Waals surface area contributed by atoms with Crippen LogP contribution in [0.25, 0.3) is 0 Å². The molecule has 0 spiro atoms. The highest BCUT2D eigenvalue weighted by atomic mass is 35.5. The molecule has 0 radical (unpaired) electrons. The molecule has 100 valence electrons. The van der Waals surface area contributed by atoms with Crippen LogP contribution in [0.5, 0.6) is 11.5 Å². The lowest BCUT2D eigenvalue weighted by atomic mass is 10.0. The third kappa shape index (κ3) is 2.36. The molecule has 1 atom stereocenters. The van der Waals surface area contributed by atoms with Crippen molar-refractivity contribution in [3.63, 3.8) is 0 Å². The Balaban J connectivity index is 0.00000120. The van der Waals surface area contributed by atoms with Crippen LogP contribution in [0.4, 0.5) is 8.78 Å². The summed E-state index contributed by atoms with van der Waals surface area (Å²) in [5.41, 5.74) is 0.701. The van der Waals surface area contributed by atoms with E-state index in [1.54, 1.807) is 12.1 Å². The van der Waals surface area contributed by atoms with Gasteiger partial charge in [-0.15, -0.1) is 21.2 Å². The van der Waals surface area contributed by atoms with Crippen molar-refractivity contribution in [2.24, 2.45) is 0 Å². The molecule has 0 saturated carbocycles. The summed E-state index contributed by atoms with van der Waals surface area (Å²) in [6, 6.07) is 4.91. The van der Waals surface area contributed by atoms with E-state index in [1.807, 2.05) is 0 Å². The first-order chi connectivity index (χ1) is 8.16. The van der Waals surface area contributed by atoms with Gasteiger partial charge in [-0.25, -0.2) is 0 Å². The summed E-state index contributed by atoms with van der Waals surface area (Å²) in [5, 5.41) is 6.45. The molecule has 1 aromatic rings. The molecule has 1 saturated heterocycles. The van der Waals surface area contributed by atoms with Gasteiger partial charge in [0, 0.05) is 31.2 Å². The van der Waals surface area contributed by atoms with Crippen LogP contribution < -0.4 is 20.1 Å². The molecule has 1 fully saturated rings. The standard InChI is InChI=1S/C11H12F2N2O2.ClH/c12-11(13)16-9-3-1-2-7(10(9)17-11)8-6-14-4-5-15-8;/h1-3,8,14-15H,4-6H2;1H/t8-;/m1./s1. The fourth-order valence-electron chi connectivity index (χ4n) is 2.14. The zero-order chi connectivity index (χ0) is 11.9. The first kappa shape index (κ1) is 13.3. The number of hydrogen-bond donors (Lipinski definition) is 2. The van der Waals surface area contributed by atoms with Gasteiger partial charge in [0.25, 0.3) is 0 Å². The Labute approximate surface area is 109 Å². The average molecular weight is 279 g/mol. The smallest absolute Gasteiger partial charge is 0.395 e. The molecular formula is C11H13ClF2N2O2. The van der Waals surface area contributed by atoms with Crippen LogP contribution in [-0.4, -0.2) is 25.9 Å². The molecule has 0 amide bonds. The van der Waals surface area contributed by atoms with Crippen LogP contribution in [0.15, 0.2) is 18.2 Å². The third-order valence-corrected chi connectivity index (χ3v) is 2.88. The first-order valence-corrected chi connectivity index (χ1v) is 5.48. The van der Waals surface area contributed by atoms with Crippen molar-refractivity contribution in [3.8, 4) is 11.5 Å². The monoisotopic (exact) mass is 278 g/mol. The molecule has 2 aliphatic rings. The van der Waals surface area contributed by atoms with Gasteiger partial charge in [0.05, 0.1) is 0 Å². The number of benzene rings is 1. The lowest BCUT2D eigenvalue weighted by Crippen LogP contribution is -2.42. The summed E-state index contributed by atoms with van der Waals surface area (Å²) in [5.74, 6) is 0.235. The molecule has 3 rings (SSSR count). The SMILES string of the molecule is Cl.FC1(F)Oc2cccc([C@H]3CNCCN3)c2O1. The van der Waals surface area contributed by atoms with Crippen molar-refractivity contribution in [3.05, 3.63) is 23.8 Å². The normalized spacial score (nSPS) is 24.4. The van der Waals surface area contributed by atoms with Crippen LogP contribution in [0.2, 0.25) is 0 Å². The molecule has 0 aromatic heterocycles. The van der Waals surface area contributed by atoms with Crippen molar-refractivity contribution in [1.82, 2.24) is 10.6 Å². The number of para-hydroxylation sites is 1. The summed E-state index contributed by atoms with van der Waals surface area (Å²) in [4.78, 5) is 0. The predicted molar refractivity (Wildman–Crippen MR) is 63.5 cm³/mol. The highest BCUT2D eigenvalue weighted by Gasteiger charge is 2.45. The number of nitrogens with one attached hydrogen (secondary N) is 2. The predicted octanol–water partition coefficient (Wildman–Crippen LogP) is 1.66. The lowest BCUT2D eigenvalue weighted by Gasteiger charge is -2.25. The maximum absolute atomic E-state index is 13.0. The Morgan fingerprint density at radius 1 is 1.22 bits per heavy atom.